The minimum absolute atomic E-state index is 0.167. The number of hydrogen-bond acceptors (Lipinski definition) is 5. The number of fused-ring (bicyclic) bond motifs is 1. The van der Waals surface area contributed by atoms with Crippen LogP contribution in [0.5, 0.6) is 0 Å². The number of nitro groups is 1. The van der Waals surface area contributed by atoms with Gasteiger partial charge >= 0.3 is 0 Å². The molecule has 2 saturated carbocycles. The monoisotopic (exact) mass is 306 g/mol. The second-order valence-corrected chi connectivity index (χ2v) is 6.63. The maximum atomic E-state index is 10.8. The maximum absolute atomic E-state index is 10.8. The number of nitriles is 1. The SMILES string of the molecule is N#C/C(=C\C1CCC2OCOC2C1)C1CCC([N+](=O)[O-])CC1. The van der Waals surface area contributed by atoms with E-state index in [9.17, 15) is 15.4 Å². The van der Waals surface area contributed by atoms with E-state index < -0.39 is 6.04 Å². The quantitative estimate of drug-likeness (QED) is 0.454. The average molecular weight is 306 g/mol. The Labute approximate surface area is 130 Å². The van der Waals surface area contributed by atoms with Gasteiger partial charge in [-0.2, -0.15) is 5.26 Å². The predicted octanol–water partition coefficient (Wildman–Crippen LogP) is 2.81. The fourth-order valence-corrected chi connectivity index (χ4v) is 3.98. The van der Waals surface area contributed by atoms with Gasteiger partial charge in [0.2, 0.25) is 6.04 Å². The number of ether oxygens (including phenoxy) is 2. The molecular weight excluding hydrogens is 284 g/mol. The standard InChI is InChI=1S/C16H22N2O4/c17-9-13(12-2-4-14(5-3-12)18(19)20)7-11-1-6-15-16(8-11)22-10-21-15/h7,11-12,14-16H,1-6,8,10H2/b13-7+. The molecule has 2 aliphatic carbocycles. The van der Waals surface area contributed by atoms with Crippen LogP contribution in [-0.2, 0) is 9.47 Å². The minimum Gasteiger partial charge on any atom is -0.349 e. The van der Waals surface area contributed by atoms with E-state index in [1.165, 1.54) is 0 Å². The van der Waals surface area contributed by atoms with Crippen molar-refractivity contribution < 1.29 is 14.4 Å². The molecule has 120 valence electrons. The van der Waals surface area contributed by atoms with Gasteiger partial charge in [-0.3, -0.25) is 10.1 Å². The largest absolute Gasteiger partial charge is 0.349 e. The van der Waals surface area contributed by atoms with Gasteiger partial charge < -0.3 is 9.47 Å². The molecule has 6 heteroatoms. The van der Waals surface area contributed by atoms with Crippen LogP contribution in [0.4, 0.5) is 0 Å². The Balaban J connectivity index is 1.59. The van der Waals surface area contributed by atoms with Crippen molar-refractivity contribution in [1.82, 2.24) is 0 Å². The highest BCUT2D eigenvalue weighted by Crippen LogP contribution is 2.36. The summed E-state index contributed by atoms with van der Waals surface area (Å²) in [4.78, 5) is 10.6. The highest BCUT2D eigenvalue weighted by atomic mass is 16.7. The van der Waals surface area contributed by atoms with E-state index in [4.69, 9.17) is 9.47 Å². The second kappa shape index (κ2) is 6.76. The lowest BCUT2D eigenvalue weighted by atomic mass is 9.78. The molecule has 22 heavy (non-hydrogen) atoms. The van der Waals surface area contributed by atoms with E-state index in [1.54, 1.807) is 0 Å². The lowest BCUT2D eigenvalue weighted by Gasteiger charge is -2.29. The van der Waals surface area contributed by atoms with E-state index in [1.807, 2.05) is 0 Å². The average Bonchev–Trinajstić information content (AvgIpc) is 3.00. The molecule has 1 aliphatic heterocycles. The Hall–Kier alpha value is -1.45. The van der Waals surface area contributed by atoms with Crippen LogP contribution in [0.3, 0.4) is 0 Å². The van der Waals surface area contributed by atoms with Gasteiger partial charge in [0.1, 0.15) is 6.79 Å². The summed E-state index contributed by atoms with van der Waals surface area (Å²) in [6.45, 7) is 0.391. The second-order valence-electron chi connectivity index (χ2n) is 6.63. The van der Waals surface area contributed by atoms with Gasteiger partial charge in [-0.25, -0.2) is 0 Å². The van der Waals surface area contributed by atoms with Gasteiger partial charge in [0.05, 0.1) is 18.3 Å². The molecule has 1 saturated heterocycles. The fourth-order valence-electron chi connectivity index (χ4n) is 3.98. The van der Waals surface area contributed by atoms with Crippen molar-refractivity contribution in [2.45, 2.75) is 63.2 Å². The van der Waals surface area contributed by atoms with Crippen LogP contribution >= 0.6 is 0 Å². The molecule has 0 radical (unpaired) electrons. The zero-order chi connectivity index (χ0) is 15.5. The molecule has 0 spiro atoms. The van der Waals surface area contributed by atoms with Crippen molar-refractivity contribution in [2.24, 2.45) is 11.8 Å². The summed E-state index contributed by atoms with van der Waals surface area (Å²) in [7, 11) is 0. The molecule has 0 aromatic heterocycles. The molecule has 6 nitrogen and oxygen atoms in total. The molecule has 3 aliphatic rings. The van der Waals surface area contributed by atoms with Crippen LogP contribution in [0.2, 0.25) is 0 Å². The summed E-state index contributed by atoms with van der Waals surface area (Å²) in [6.07, 6.45) is 8.11. The van der Waals surface area contributed by atoms with Gasteiger partial charge in [0.25, 0.3) is 0 Å². The Morgan fingerprint density at radius 2 is 1.86 bits per heavy atom. The summed E-state index contributed by atoms with van der Waals surface area (Å²) in [5, 5.41) is 20.3. The number of allylic oxidation sites excluding steroid dienone is 2. The minimum atomic E-state index is -0.421. The Kier molecular flexibility index (Phi) is 4.74. The fraction of sp³-hybridized carbons (Fsp3) is 0.812. The van der Waals surface area contributed by atoms with Crippen molar-refractivity contribution >= 4 is 0 Å². The molecule has 3 unspecified atom stereocenters. The van der Waals surface area contributed by atoms with Crippen molar-refractivity contribution in [1.29, 1.82) is 5.26 Å². The van der Waals surface area contributed by atoms with Crippen LogP contribution in [0.1, 0.15) is 44.9 Å². The highest BCUT2D eigenvalue weighted by molar-refractivity contribution is 5.25. The van der Waals surface area contributed by atoms with Crippen molar-refractivity contribution in [3.8, 4) is 6.07 Å². The smallest absolute Gasteiger partial charge is 0.213 e. The lowest BCUT2D eigenvalue weighted by Crippen LogP contribution is -2.31. The van der Waals surface area contributed by atoms with Crippen molar-refractivity contribution in [3.63, 3.8) is 0 Å². The number of nitrogens with zero attached hydrogens (tertiary/aromatic N) is 2. The number of rotatable bonds is 3. The van der Waals surface area contributed by atoms with E-state index in [0.29, 0.717) is 25.6 Å². The van der Waals surface area contributed by atoms with Crippen LogP contribution in [0, 0.1) is 33.3 Å². The third-order valence-corrected chi connectivity index (χ3v) is 5.31. The maximum Gasteiger partial charge on any atom is 0.213 e. The lowest BCUT2D eigenvalue weighted by molar-refractivity contribution is -0.526. The van der Waals surface area contributed by atoms with Crippen LogP contribution in [-0.4, -0.2) is 30.0 Å². The molecule has 0 N–H and O–H groups in total. The molecule has 0 aromatic carbocycles. The first kappa shape index (κ1) is 15.4. The number of hydrogen-bond donors (Lipinski definition) is 0. The third kappa shape index (κ3) is 3.31. The Morgan fingerprint density at radius 1 is 1.14 bits per heavy atom. The van der Waals surface area contributed by atoms with Gasteiger partial charge in [0.15, 0.2) is 0 Å². The van der Waals surface area contributed by atoms with Gasteiger partial charge in [-0.1, -0.05) is 6.08 Å². The predicted molar refractivity (Wildman–Crippen MR) is 78.4 cm³/mol. The summed E-state index contributed by atoms with van der Waals surface area (Å²) in [5.74, 6) is 0.561. The first-order chi connectivity index (χ1) is 10.7. The van der Waals surface area contributed by atoms with Gasteiger partial charge in [-0.05, 0) is 43.9 Å². The zero-order valence-electron chi connectivity index (χ0n) is 12.6. The first-order valence-corrected chi connectivity index (χ1v) is 8.16. The first-order valence-electron chi connectivity index (χ1n) is 8.16. The van der Waals surface area contributed by atoms with Crippen LogP contribution in [0.25, 0.3) is 0 Å². The van der Waals surface area contributed by atoms with E-state index >= 15 is 0 Å². The molecule has 0 bridgehead atoms. The summed E-state index contributed by atoms with van der Waals surface area (Å²) in [6, 6.07) is 1.92. The Morgan fingerprint density at radius 3 is 2.55 bits per heavy atom. The molecule has 1 heterocycles. The topological polar surface area (TPSA) is 85.4 Å². The zero-order valence-corrected chi connectivity index (χ0v) is 12.6. The van der Waals surface area contributed by atoms with Crippen molar-refractivity contribution in [3.05, 3.63) is 21.8 Å². The third-order valence-electron chi connectivity index (χ3n) is 5.31. The molecule has 0 aromatic rings. The van der Waals surface area contributed by atoms with Crippen molar-refractivity contribution in [2.75, 3.05) is 6.79 Å². The van der Waals surface area contributed by atoms with E-state index in [-0.39, 0.29) is 23.0 Å². The normalized spacial score (nSPS) is 39.0. The Bertz CT molecular complexity index is 491. The summed E-state index contributed by atoms with van der Waals surface area (Å²) < 4.78 is 11.1. The molecular formula is C16H22N2O4. The van der Waals surface area contributed by atoms with Gasteiger partial charge in [0, 0.05) is 23.3 Å². The van der Waals surface area contributed by atoms with E-state index in [0.717, 1.165) is 37.7 Å². The van der Waals surface area contributed by atoms with Crippen LogP contribution < -0.4 is 0 Å². The molecule has 0 amide bonds. The van der Waals surface area contributed by atoms with Gasteiger partial charge in [-0.15, -0.1) is 0 Å². The molecule has 3 atom stereocenters. The summed E-state index contributed by atoms with van der Waals surface area (Å²) in [5.41, 5.74) is 0.823. The van der Waals surface area contributed by atoms with E-state index in [2.05, 4.69) is 12.1 Å². The highest BCUT2D eigenvalue weighted by Gasteiger charge is 2.36. The molecule has 3 fully saturated rings. The summed E-state index contributed by atoms with van der Waals surface area (Å²) >= 11 is 0. The van der Waals surface area contributed by atoms with Crippen LogP contribution in [0.15, 0.2) is 11.6 Å². The molecule has 3 rings (SSSR count).